The van der Waals surface area contributed by atoms with Crippen molar-refractivity contribution in [3.63, 3.8) is 0 Å². The molecule has 1 aliphatic rings. The zero-order valence-corrected chi connectivity index (χ0v) is 10.9. The Balaban J connectivity index is 2.07. The molecule has 5 nitrogen and oxygen atoms in total. The van der Waals surface area contributed by atoms with E-state index in [4.69, 9.17) is 4.18 Å². The van der Waals surface area contributed by atoms with Crippen LogP contribution in [0.25, 0.3) is 0 Å². The summed E-state index contributed by atoms with van der Waals surface area (Å²) in [5.41, 5.74) is 0.985. The van der Waals surface area contributed by atoms with E-state index in [2.05, 4.69) is 5.32 Å². The Morgan fingerprint density at radius 1 is 1.28 bits per heavy atom. The molecule has 0 aliphatic carbocycles. The molecule has 98 valence electrons. The van der Waals surface area contributed by atoms with Crippen LogP contribution in [0.3, 0.4) is 0 Å². The first-order valence-corrected chi connectivity index (χ1v) is 7.15. The van der Waals surface area contributed by atoms with Gasteiger partial charge in [-0.1, -0.05) is 17.7 Å². The molecule has 1 amide bonds. The minimum absolute atomic E-state index is 0.0671. The first-order chi connectivity index (χ1) is 8.47. The second kappa shape index (κ2) is 5.07. The second-order valence-electron chi connectivity index (χ2n) is 4.33. The second-order valence-corrected chi connectivity index (χ2v) is 5.90. The molecule has 2 rings (SSSR count). The molecule has 1 N–H and O–H groups in total. The lowest BCUT2D eigenvalue weighted by molar-refractivity contribution is -0.123. The summed E-state index contributed by atoms with van der Waals surface area (Å²) in [7, 11) is -3.75. The SMILES string of the molecule is Cc1ccc(S(=O)(=O)O[C@H]2CCC(=O)NC2)cc1. The van der Waals surface area contributed by atoms with Crippen LogP contribution in [0.4, 0.5) is 0 Å². The third kappa shape index (κ3) is 3.08. The lowest BCUT2D eigenvalue weighted by Gasteiger charge is -2.22. The van der Waals surface area contributed by atoms with Gasteiger partial charge in [-0.05, 0) is 25.5 Å². The number of aryl methyl sites for hydroxylation is 1. The lowest BCUT2D eigenvalue weighted by atomic mass is 10.1. The molecule has 1 heterocycles. The van der Waals surface area contributed by atoms with Crippen LogP contribution in [0.2, 0.25) is 0 Å². The van der Waals surface area contributed by atoms with Gasteiger partial charge in [0, 0.05) is 13.0 Å². The number of hydrogen-bond acceptors (Lipinski definition) is 4. The molecular weight excluding hydrogens is 254 g/mol. The monoisotopic (exact) mass is 269 g/mol. The number of nitrogens with one attached hydrogen (secondary N) is 1. The van der Waals surface area contributed by atoms with Crippen molar-refractivity contribution in [2.45, 2.75) is 30.8 Å². The highest BCUT2D eigenvalue weighted by Crippen LogP contribution is 2.18. The Hall–Kier alpha value is -1.40. The number of carbonyl (C=O) groups excluding carboxylic acids is 1. The van der Waals surface area contributed by atoms with Crippen molar-refractivity contribution < 1.29 is 17.4 Å². The highest BCUT2D eigenvalue weighted by Gasteiger charge is 2.25. The fourth-order valence-corrected chi connectivity index (χ4v) is 2.84. The summed E-state index contributed by atoms with van der Waals surface area (Å²) < 4.78 is 29.0. The van der Waals surface area contributed by atoms with Crippen molar-refractivity contribution in [3.05, 3.63) is 29.8 Å². The van der Waals surface area contributed by atoms with E-state index in [-0.39, 0.29) is 17.3 Å². The van der Waals surface area contributed by atoms with Crippen molar-refractivity contribution in [1.82, 2.24) is 5.32 Å². The van der Waals surface area contributed by atoms with Crippen LogP contribution < -0.4 is 5.32 Å². The first-order valence-electron chi connectivity index (χ1n) is 5.74. The van der Waals surface area contributed by atoms with Crippen molar-refractivity contribution >= 4 is 16.0 Å². The molecule has 1 aromatic rings. The molecule has 0 saturated carbocycles. The molecular formula is C12H15NO4S. The predicted molar refractivity (Wildman–Crippen MR) is 65.5 cm³/mol. The predicted octanol–water partition coefficient (Wildman–Crippen LogP) is 0.979. The third-order valence-corrected chi connectivity index (χ3v) is 4.17. The fourth-order valence-electron chi connectivity index (χ4n) is 1.73. The molecule has 0 unspecified atom stereocenters. The lowest BCUT2D eigenvalue weighted by Crippen LogP contribution is -2.40. The molecule has 0 aromatic heterocycles. The molecule has 1 aromatic carbocycles. The summed E-state index contributed by atoms with van der Waals surface area (Å²) in [6.45, 7) is 2.12. The van der Waals surface area contributed by atoms with Gasteiger partial charge < -0.3 is 5.32 Å². The average molecular weight is 269 g/mol. The maximum Gasteiger partial charge on any atom is 0.297 e. The smallest absolute Gasteiger partial charge is 0.297 e. The van der Waals surface area contributed by atoms with Crippen LogP contribution in [-0.4, -0.2) is 27.0 Å². The molecule has 6 heteroatoms. The molecule has 1 fully saturated rings. The molecule has 0 radical (unpaired) electrons. The molecule has 1 aliphatic heterocycles. The average Bonchev–Trinajstić information content (AvgIpc) is 2.32. The summed E-state index contributed by atoms with van der Waals surface area (Å²) >= 11 is 0. The summed E-state index contributed by atoms with van der Waals surface area (Å²) in [5, 5.41) is 2.59. The number of rotatable bonds is 3. The number of hydrogen-bond donors (Lipinski definition) is 1. The molecule has 0 spiro atoms. The normalized spacial score (nSPS) is 20.5. The van der Waals surface area contributed by atoms with Gasteiger partial charge in [0.15, 0.2) is 0 Å². The zero-order valence-electron chi connectivity index (χ0n) is 10.0. The zero-order chi connectivity index (χ0) is 13.2. The van der Waals surface area contributed by atoms with Crippen LogP contribution >= 0.6 is 0 Å². The van der Waals surface area contributed by atoms with Gasteiger partial charge in [0.05, 0.1) is 11.0 Å². The van der Waals surface area contributed by atoms with Crippen LogP contribution in [0.1, 0.15) is 18.4 Å². The van der Waals surface area contributed by atoms with Gasteiger partial charge in [0.2, 0.25) is 5.91 Å². The first kappa shape index (κ1) is 13.0. The van der Waals surface area contributed by atoms with Crippen molar-refractivity contribution in [1.29, 1.82) is 0 Å². The van der Waals surface area contributed by atoms with Crippen LogP contribution in [0, 0.1) is 6.92 Å². The van der Waals surface area contributed by atoms with E-state index >= 15 is 0 Å². The van der Waals surface area contributed by atoms with Crippen LogP contribution in [0.15, 0.2) is 29.2 Å². The molecule has 0 bridgehead atoms. The van der Waals surface area contributed by atoms with E-state index in [1.165, 1.54) is 12.1 Å². The Labute approximate surface area is 106 Å². The standard InChI is InChI=1S/C12H15NO4S/c1-9-2-5-11(6-3-9)18(15,16)17-10-4-7-12(14)13-8-10/h2-3,5-6,10H,4,7-8H2,1H3,(H,13,14)/t10-/m0/s1. The van der Waals surface area contributed by atoms with Gasteiger partial charge in [-0.15, -0.1) is 0 Å². The van der Waals surface area contributed by atoms with E-state index < -0.39 is 16.2 Å². The summed E-state index contributed by atoms with van der Waals surface area (Å²) in [5.74, 6) is -0.0671. The highest BCUT2D eigenvalue weighted by atomic mass is 32.2. The Morgan fingerprint density at radius 3 is 2.50 bits per heavy atom. The van der Waals surface area contributed by atoms with Gasteiger partial charge in [-0.25, -0.2) is 0 Å². The van der Waals surface area contributed by atoms with Crippen LogP contribution in [-0.2, 0) is 19.1 Å². The summed E-state index contributed by atoms with van der Waals surface area (Å²) in [6, 6.07) is 6.48. The van der Waals surface area contributed by atoms with Crippen molar-refractivity contribution in [2.24, 2.45) is 0 Å². The summed E-state index contributed by atoms with van der Waals surface area (Å²) in [6.07, 6.45) is 0.249. The van der Waals surface area contributed by atoms with E-state index in [1.807, 2.05) is 6.92 Å². The van der Waals surface area contributed by atoms with E-state index in [0.717, 1.165) is 5.56 Å². The number of amides is 1. The summed E-state index contributed by atoms with van der Waals surface area (Å²) in [4.78, 5) is 11.1. The number of benzene rings is 1. The minimum Gasteiger partial charge on any atom is -0.353 e. The van der Waals surface area contributed by atoms with Crippen molar-refractivity contribution in [2.75, 3.05) is 6.54 Å². The Kier molecular flexibility index (Phi) is 3.68. The quantitative estimate of drug-likeness (QED) is 0.830. The van der Waals surface area contributed by atoms with Gasteiger partial charge in [0.1, 0.15) is 0 Å². The van der Waals surface area contributed by atoms with Crippen molar-refractivity contribution in [3.8, 4) is 0 Å². The third-order valence-electron chi connectivity index (χ3n) is 2.79. The highest BCUT2D eigenvalue weighted by molar-refractivity contribution is 7.86. The molecule has 1 saturated heterocycles. The number of carbonyl (C=O) groups is 1. The largest absolute Gasteiger partial charge is 0.353 e. The molecule has 18 heavy (non-hydrogen) atoms. The van der Waals surface area contributed by atoms with Gasteiger partial charge in [0.25, 0.3) is 10.1 Å². The Bertz CT molecular complexity index is 526. The number of piperidine rings is 1. The van der Waals surface area contributed by atoms with E-state index in [1.54, 1.807) is 12.1 Å². The van der Waals surface area contributed by atoms with Gasteiger partial charge in [-0.2, -0.15) is 8.42 Å². The maximum absolute atomic E-state index is 12.0. The molecule has 1 atom stereocenters. The minimum atomic E-state index is -3.75. The Morgan fingerprint density at radius 2 is 1.94 bits per heavy atom. The fraction of sp³-hybridized carbons (Fsp3) is 0.417. The maximum atomic E-state index is 12.0. The van der Waals surface area contributed by atoms with Gasteiger partial charge in [-0.3, -0.25) is 8.98 Å². The van der Waals surface area contributed by atoms with E-state index in [9.17, 15) is 13.2 Å². The topological polar surface area (TPSA) is 72.5 Å². The van der Waals surface area contributed by atoms with Crippen LogP contribution in [0.5, 0.6) is 0 Å². The van der Waals surface area contributed by atoms with E-state index in [0.29, 0.717) is 12.8 Å². The van der Waals surface area contributed by atoms with Gasteiger partial charge >= 0.3 is 0 Å².